The Morgan fingerprint density at radius 2 is 1.77 bits per heavy atom. The molecule has 0 bridgehead atoms. The van der Waals surface area contributed by atoms with Crippen LogP contribution < -0.4 is 10.2 Å². The van der Waals surface area contributed by atoms with E-state index in [1.807, 2.05) is 49.4 Å². The maximum absolute atomic E-state index is 13.3. The van der Waals surface area contributed by atoms with Gasteiger partial charge in [-0.25, -0.2) is 9.37 Å². The molecule has 1 atom stereocenters. The van der Waals surface area contributed by atoms with Crippen molar-refractivity contribution in [2.45, 2.75) is 12.6 Å². The third kappa shape index (κ3) is 4.83. The number of carbonyl (C=O) groups is 1. The highest BCUT2D eigenvalue weighted by atomic mass is 19.1. The molecule has 0 radical (unpaired) electrons. The topological polar surface area (TPSA) is 73.7 Å². The number of nitrogens with one attached hydrogen (secondary N) is 1. The smallest absolute Gasteiger partial charge is 0.273 e. The highest BCUT2D eigenvalue weighted by molar-refractivity contribution is 5.99. The SMILES string of the molecule is CC1=NC(NC(=O)c2cnccn2)(c2ccccc2)C(CN2CCN(c3ccc(F)cc3)CC2)=C1. The Kier molecular flexibility index (Phi) is 6.37. The van der Waals surface area contributed by atoms with Crippen molar-refractivity contribution < 1.29 is 9.18 Å². The van der Waals surface area contributed by atoms with Crippen molar-refractivity contribution in [2.24, 2.45) is 4.99 Å². The van der Waals surface area contributed by atoms with Gasteiger partial charge in [-0.1, -0.05) is 30.3 Å². The van der Waals surface area contributed by atoms with Gasteiger partial charge in [0.15, 0.2) is 5.66 Å². The maximum atomic E-state index is 13.3. The number of amides is 1. The largest absolute Gasteiger partial charge is 0.369 e. The van der Waals surface area contributed by atoms with E-state index in [0.717, 1.165) is 48.7 Å². The Bertz CT molecular complexity index is 1240. The second-order valence-electron chi connectivity index (χ2n) is 8.78. The van der Waals surface area contributed by atoms with Gasteiger partial charge in [0.25, 0.3) is 5.91 Å². The van der Waals surface area contributed by atoms with Gasteiger partial charge >= 0.3 is 0 Å². The van der Waals surface area contributed by atoms with Crippen molar-refractivity contribution in [3.05, 3.63) is 102 Å². The third-order valence-corrected chi connectivity index (χ3v) is 6.43. The van der Waals surface area contributed by atoms with E-state index in [1.54, 1.807) is 6.20 Å². The Morgan fingerprint density at radius 3 is 2.46 bits per heavy atom. The van der Waals surface area contributed by atoms with Crippen molar-refractivity contribution >= 4 is 17.3 Å². The summed E-state index contributed by atoms with van der Waals surface area (Å²) in [5, 5.41) is 3.17. The van der Waals surface area contributed by atoms with E-state index in [4.69, 9.17) is 4.99 Å². The number of aromatic nitrogens is 2. The zero-order chi connectivity index (χ0) is 24.3. The number of halogens is 1. The van der Waals surface area contributed by atoms with Crippen LogP contribution in [0.3, 0.4) is 0 Å². The number of allylic oxidation sites excluding steroid dienone is 1. The first kappa shape index (κ1) is 22.9. The minimum Gasteiger partial charge on any atom is -0.369 e. The normalized spacial score (nSPS) is 20.3. The molecule has 35 heavy (non-hydrogen) atoms. The fourth-order valence-corrected chi connectivity index (χ4v) is 4.70. The second-order valence-corrected chi connectivity index (χ2v) is 8.78. The fraction of sp³-hybridized carbons (Fsp3) is 0.259. The number of anilines is 1. The van der Waals surface area contributed by atoms with E-state index < -0.39 is 5.66 Å². The molecule has 3 heterocycles. The highest BCUT2D eigenvalue weighted by Crippen LogP contribution is 2.36. The summed E-state index contributed by atoms with van der Waals surface area (Å²) in [6.45, 7) is 5.97. The van der Waals surface area contributed by atoms with Crippen LogP contribution >= 0.6 is 0 Å². The van der Waals surface area contributed by atoms with E-state index >= 15 is 0 Å². The molecule has 2 aliphatic rings. The zero-order valence-corrected chi connectivity index (χ0v) is 19.6. The molecule has 3 aromatic rings. The summed E-state index contributed by atoms with van der Waals surface area (Å²) in [4.78, 5) is 31.0. The Balaban J connectivity index is 1.37. The third-order valence-electron chi connectivity index (χ3n) is 6.43. The molecule has 1 N–H and O–H groups in total. The first-order chi connectivity index (χ1) is 17.0. The zero-order valence-electron chi connectivity index (χ0n) is 19.6. The summed E-state index contributed by atoms with van der Waals surface area (Å²) >= 11 is 0. The van der Waals surface area contributed by atoms with Crippen LogP contribution in [0.15, 0.2) is 89.8 Å². The van der Waals surface area contributed by atoms with Gasteiger partial charge in [-0.3, -0.25) is 19.7 Å². The van der Waals surface area contributed by atoms with E-state index in [9.17, 15) is 9.18 Å². The van der Waals surface area contributed by atoms with Crippen LogP contribution in [0.4, 0.5) is 10.1 Å². The van der Waals surface area contributed by atoms with Crippen molar-refractivity contribution in [3.63, 3.8) is 0 Å². The summed E-state index contributed by atoms with van der Waals surface area (Å²) in [6, 6.07) is 16.5. The number of piperazine rings is 1. The molecular weight excluding hydrogens is 443 g/mol. The average Bonchev–Trinajstić information content (AvgIpc) is 3.21. The highest BCUT2D eigenvalue weighted by Gasteiger charge is 2.42. The summed E-state index contributed by atoms with van der Waals surface area (Å²) in [7, 11) is 0. The van der Waals surface area contributed by atoms with Crippen LogP contribution in [0.1, 0.15) is 23.0 Å². The molecule has 0 spiro atoms. The van der Waals surface area contributed by atoms with Gasteiger partial charge in [0.05, 0.1) is 6.20 Å². The van der Waals surface area contributed by atoms with Crippen LogP contribution in [0.2, 0.25) is 0 Å². The lowest BCUT2D eigenvalue weighted by Crippen LogP contribution is -2.51. The molecule has 2 aliphatic heterocycles. The van der Waals surface area contributed by atoms with Crippen molar-refractivity contribution in [2.75, 3.05) is 37.6 Å². The minimum absolute atomic E-state index is 0.225. The first-order valence-electron chi connectivity index (χ1n) is 11.7. The van der Waals surface area contributed by atoms with Crippen LogP contribution in [0.25, 0.3) is 0 Å². The molecule has 1 amide bonds. The van der Waals surface area contributed by atoms with Gasteiger partial charge in [0.2, 0.25) is 0 Å². The van der Waals surface area contributed by atoms with Gasteiger partial charge < -0.3 is 10.2 Å². The lowest BCUT2D eigenvalue weighted by Gasteiger charge is -2.39. The average molecular weight is 471 g/mol. The Labute approximate surface area is 204 Å². The Hall–Kier alpha value is -3.91. The van der Waals surface area contributed by atoms with E-state index in [2.05, 4.69) is 31.2 Å². The molecule has 7 nitrogen and oxygen atoms in total. The van der Waals surface area contributed by atoms with E-state index in [0.29, 0.717) is 6.54 Å². The van der Waals surface area contributed by atoms with Gasteiger partial charge in [-0.15, -0.1) is 0 Å². The molecule has 1 aromatic heterocycles. The van der Waals surface area contributed by atoms with Crippen LogP contribution in [0.5, 0.6) is 0 Å². The summed E-state index contributed by atoms with van der Waals surface area (Å²) in [6.07, 6.45) is 6.57. The number of carbonyl (C=O) groups excluding carboxylic acids is 1. The second kappa shape index (κ2) is 9.76. The predicted molar refractivity (Wildman–Crippen MR) is 134 cm³/mol. The lowest BCUT2D eigenvalue weighted by atomic mass is 9.91. The van der Waals surface area contributed by atoms with Gasteiger partial charge in [0, 0.05) is 62.1 Å². The summed E-state index contributed by atoms with van der Waals surface area (Å²) in [5.74, 6) is -0.552. The van der Waals surface area contributed by atoms with E-state index in [1.165, 1.54) is 24.5 Å². The molecule has 0 saturated carbocycles. The van der Waals surface area contributed by atoms with Crippen molar-refractivity contribution in [1.82, 2.24) is 20.2 Å². The van der Waals surface area contributed by atoms with Crippen LogP contribution in [0, 0.1) is 5.82 Å². The number of benzene rings is 2. The standard InChI is InChI=1S/C27H27FN6O/c1-20-17-22(19-33-13-15-34(16-14-33)24-9-7-23(28)8-10-24)27(31-20,21-5-3-2-4-6-21)32-26(35)25-18-29-11-12-30-25/h2-12,17-18H,13-16,19H2,1H3,(H,32,35). The van der Waals surface area contributed by atoms with E-state index in [-0.39, 0.29) is 17.4 Å². The Morgan fingerprint density at radius 1 is 1.03 bits per heavy atom. The number of nitrogens with zero attached hydrogens (tertiary/aromatic N) is 5. The summed E-state index contributed by atoms with van der Waals surface area (Å²) in [5.41, 5.74) is 3.02. The van der Waals surface area contributed by atoms with Gasteiger partial charge in [0.1, 0.15) is 11.5 Å². The van der Waals surface area contributed by atoms with Gasteiger partial charge in [-0.05, 0) is 42.8 Å². The molecule has 1 saturated heterocycles. The fourth-order valence-electron chi connectivity index (χ4n) is 4.70. The lowest BCUT2D eigenvalue weighted by molar-refractivity contribution is 0.0906. The van der Waals surface area contributed by atoms with Crippen molar-refractivity contribution in [1.29, 1.82) is 0 Å². The first-order valence-corrected chi connectivity index (χ1v) is 11.7. The van der Waals surface area contributed by atoms with Crippen LogP contribution in [-0.4, -0.2) is 59.2 Å². The van der Waals surface area contributed by atoms with Crippen LogP contribution in [-0.2, 0) is 5.66 Å². The molecule has 178 valence electrons. The number of rotatable bonds is 6. The minimum atomic E-state index is -1.01. The molecule has 2 aromatic carbocycles. The molecule has 1 unspecified atom stereocenters. The molecule has 1 fully saturated rings. The molecule has 0 aliphatic carbocycles. The number of aliphatic imine (C=N–C) groups is 1. The number of hydrogen-bond donors (Lipinski definition) is 1. The maximum Gasteiger partial charge on any atom is 0.273 e. The van der Waals surface area contributed by atoms with Gasteiger partial charge in [-0.2, -0.15) is 0 Å². The molecular formula is C27H27FN6O. The monoisotopic (exact) mass is 470 g/mol. The predicted octanol–water partition coefficient (Wildman–Crippen LogP) is 3.42. The van der Waals surface area contributed by atoms with Crippen molar-refractivity contribution in [3.8, 4) is 0 Å². The molecule has 5 rings (SSSR count). The molecule has 8 heteroatoms. The number of hydrogen-bond acceptors (Lipinski definition) is 6. The summed E-state index contributed by atoms with van der Waals surface area (Å²) < 4.78 is 13.3. The quantitative estimate of drug-likeness (QED) is 0.598.